The summed E-state index contributed by atoms with van der Waals surface area (Å²) in [6, 6.07) is 2.06. The van der Waals surface area contributed by atoms with E-state index in [1.54, 1.807) is 0 Å². The molecule has 1 aliphatic rings. The lowest BCUT2D eigenvalue weighted by atomic mass is 10.3. The van der Waals surface area contributed by atoms with Gasteiger partial charge in [0.15, 0.2) is 0 Å². The predicted octanol–water partition coefficient (Wildman–Crippen LogP) is 2.61. The second kappa shape index (κ2) is 6.50. The van der Waals surface area contributed by atoms with Gasteiger partial charge in [-0.05, 0) is 13.3 Å². The zero-order valence-electron chi connectivity index (χ0n) is 10.4. The molecule has 1 aromatic heterocycles. The van der Waals surface area contributed by atoms with Crippen LogP contribution < -0.4 is 5.32 Å². The molecule has 1 N–H and O–H groups in total. The summed E-state index contributed by atoms with van der Waals surface area (Å²) in [5.74, 6) is 5.67. The lowest BCUT2D eigenvalue weighted by Crippen LogP contribution is -2.23. The van der Waals surface area contributed by atoms with Gasteiger partial charge in [0.2, 0.25) is 0 Å². The summed E-state index contributed by atoms with van der Waals surface area (Å²) in [6.07, 6.45) is 0.964. The van der Waals surface area contributed by atoms with Crippen LogP contribution in [-0.2, 0) is 6.42 Å². The Morgan fingerprint density at radius 3 is 3.00 bits per heavy atom. The van der Waals surface area contributed by atoms with Gasteiger partial charge >= 0.3 is 0 Å². The van der Waals surface area contributed by atoms with Crippen molar-refractivity contribution in [3.63, 3.8) is 0 Å². The molecule has 0 spiro atoms. The zero-order chi connectivity index (χ0) is 12.1. The SMILES string of the molecule is CCc1cc(NCC2CSCCS2)nc(C)n1. The molecule has 2 heterocycles. The highest BCUT2D eigenvalue weighted by Gasteiger charge is 2.14. The zero-order valence-corrected chi connectivity index (χ0v) is 12.0. The van der Waals surface area contributed by atoms with E-state index in [0.717, 1.165) is 30.3 Å². The van der Waals surface area contributed by atoms with Gasteiger partial charge in [-0.15, -0.1) is 0 Å². The number of hydrogen-bond acceptors (Lipinski definition) is 5. The van der Waals surface area contributed by atoms with E-state index in [2.05, 4.69) is 51.8 Å². The summed E-state index contributed by atoms with van der Waals surface area (Å²) in [7, 11) is 0. The number of aryl methyl sites for hydroxylation is 2. The second-order valence-corrected chi connectivity index (χ2v) is 6.65. The van der Waals surface area contributed by atoms with Crippen molar-refractivity contribution in [3.05, 3.63) is 17.6 Å². The maximum absolute atomic E-state index is 4.43. The molecule has 3 nitrogen and oxygen atoms in total. The van der Waals surface area contributed by atoms with Crippen molar-refractivity contribution in [1.82, 2.24) is 9.97 Å². The highest BCUT2D eigenvalue weighted by atomic mass is 32.2. The van der Waals surface area contributed by atoms with Gasteiger partial charge in [-0.2, -0.15) is 23.5 Å². The fraction of sp³-hybridized carbons (Fsp3) is 0.667. The van der Waals surface area contributed by atoms with Gasteiger partial charge in [-0.25, -0.2) is 9.97 Å². The predicted molar refractivity (Wildman–Crippen MR) is 78.2 cm³/mol. The fourth-order valence-corrected chi connectivity index (χ4v) is 4.39. The molecule has 0 radical (unpaired) electrons. The molecule has 17 heavy (non-hydrogen) atoms. The van der Waals surface area contributed by atoms with Crippen LogP contribution in [0.3, 0.4) is 0 Å². The molecule has 1 saturated heterocycles. The standard InChI is InChI=1S/C12H19N3S2/c1-3-10-6-12(15-9(2)14-10)13-7-11-8-16-4-5-17-11/h6,11H,3-5,7-8H2,1-2H3,(H,13,14,15). The minimum Gasteiger partial charge on any atom is -0.369 e. The summed E-state index contributed by atoms with van der Waals surface area (Å²) in [4.78, 5) is 8.81. The molecule has 1 fully saturated rings. The number of rotatable bonds is 4. The summed E-state index contributed by atoms with van der Waals surface area (Å²) in [5, 5.41) is 4.16. The molecule has 2 rings (SSSR count). The molecule has 1 aliphatic heterocycles. The van der Waals surface area contributed by atoms with Crippen molar-refractivity contribution < 1.29 is 0 Å². The summed E-state index contributed by atoms with van der Waals surface area (Å²) >= 11 is 4.13. The minimum atomic E-state index is 0.717. The van der Waals surface area contributed by atoms with Crippen LogP contribution in [0, 0.1) is 6.92 Å². The van der Waals surface area contributed by atoms with E-state index in [9.17, 15) is 0 Å². The molecule has 1 atom stereocenters. The Hall–Kier alpha value is -0.420. The van der Waals surface area contributed by atoms with E-state index < -0.39 is 0 Å². The van der Waals surface area contributed by atoms with Crippen molar-refractivity contribution in [2.24, 2.45) is 0 Å². The Labute approximate surface area is 112 Å². The number of anilines is 1. The molecule has 0 amide bonds. The molecule has 0 aliphatic carbocycles. The average molecular weight is 269 g/mol. The van der Waals surface area contributed by atoms with E-state index in [0.29, 0.717) is 5.25 Å². The van der Waals surface area contributed by atoms with Gasteiger partial charge < -0.3 is 5.32 Å². The topological polar surface area (TPSA) is 37.8 Å². The van der Waals surface area contributed by atoms with Crippen LogP contribution in [0.2, 0.25) is 0 Å². The lowest BCUT2D eigenvalue weighted by molar-refractivity contribution is 0.930. The fourth-order valence-electron chi connectivity index (χ4n) is 1.77. The van der Waals surface area contributed by atoms with Gasteiger partial charge in [-0.3, -0.25) is 0 Å². The number of nitrogens with zero attached hydrogens (tertiary/aromatic N) is 2. The maximum Gasteiger partial charge on any atom is 0.129 e. The monoisotopic (exact) mass is 269 g/mol. The molecule has 0 bridgehead atoms. The molecule has 0 saturated carbocycles. The maximum atomic E-state index is 4.43. The van der Waals surface area contributed by atoms with Crippen molar-refractivity contribution in [2.75, 3.05) is 29.1 Å². The Balaban J connectivity index is 1.91. The Bertz CT molecular complexity index is 365. The van der Waals surface area contributed by atoms with Gasteiger partial charge in [0.1, 0.15) is 11.6 Å². The molecule has 0 aromatic carbocycles. The second-order valence-electron chi connectivity index (χ2n) is 4.09. The number of thioether (sulfide) groups is 2. The first-order valence-electron chi connectivity index (χ1n) is 6.05. The molecule has 1 aromatic rings. The third-order valence-electron chi connectivity index (χ3n) is 2.65. The summed E-state index contributed by atoms with van der Waals surface area (Å²) in [6.45, 7) is 5.09. The van der Waals surface area contributed by atoms with Gasteiger partial charge in [0.05, 0.1) is 0 Å². The van der Waals surface area contributed by atoms with Crippen molar-refractivity contribution >= 4 is 29.3 Å². The van der Waals surface area contributed by atoms with Crippen LogP contribution >= 0.6 is 23.5 Å². The first-order valence-corrected chi connectivity index (χ1v) is 8.26. The normalized spacial score (nSPS) is 20.2. The highest BCUT2D eigenvalue weighted by Crippen LogP contribution is 2.24. The number of aromatic nitrogens is 2. The van der Waals surface area contributed by atoms with Crippen molar-refractivity contribution in [2.45, 2.75) is 25.5 Å². The molecular weight excluding hydrogens is 250 g/mol. The van der Waals surface area contributed by atoms with Crippen LogP contribution in [0.15, 0.2) is 6.07 Å². The van der Waals surface area contributed by atoms with E-state index >= 15 is 0 Å². The first kappa shape index (κ1) is 13.0. The van der Waals surface area contributed by atoms with Crippen LogP contribution in [0.5, 0.6) is 0 Å². The summed E-state index contributed by atoms with van der Waals surface area (Å²) in [5.41, 5.74) is 1.12. The third kappa shape index (κ3) is 4.07. The van der Waals surface area contributed by atoms with Gasteiger partial charge in [-0.1, -0.05) is 6.92 Å². The van der Waals surface area contributed by atoms with E-state index in [1.807, 2.05) is 6.92 Å². The van der Waals surface area contributed by atoms with Gasteiger partial charge in [0, 0.05) is 40.8 Å². The molecular formula is C12H19N3S2. The smallest absolute Gasteiger partial charge is 0.129 e. The largest absolute Gasteiger partial charge is 0.369 e. The average Bonchev–Trinajstić information content (AvgIpc) is 2.37. The Morgan fingerprint density at radius 2 is 2.29 bits per heavy atom. The molecule has 94 valence electrons. The minimum absolute atomic E-state index is 0.717. The first-order chi connectivity index (χ1) is 8.28. The Kier molecular flexibility index (Phi) is 4.98. The van der Waals surface area contributed by atoms with Crippen molar-refractivity contribution in [3.8, 4) is 0 Å². The third-order valence-corrected chi connectivity index (χ3v) is 5.49. The van der Waals surface area contributed by atoms with Crippen LogP contribution in [0.1, 0.15) is 18.4 Å². The Morgan fingerprint density at radius 1 is 1.41 bits per heavy atom. The quantitative estimate of drug-likeness (QED) is 0.909. The highest BCUT2D eigenvalue weighted by molar-refractivity contribution is 8.06. The van der Waals surface area contributed by atoms with Crippen LogP contribution in [0.25, 0.3) is 0 Å². The molecule has 5 heteroatoms. The number of hydrogen-bond donors (Lipinski definition) is 1. The molecule has 1 unspecified atom stereocenters. The van der Waals surface area contributed by atoms with E-state index in [-0.39, 0.29) is 0 Å². The van der Waals surface area contributed by atoms with E-state index in [1.165, 1.54) is 17.3 Å². The van der Waals surface area contributed by atoms with Crippen LogP contribution in [0.4, 0.5) is 5.82 Å². The van der Waals surface area contributed by atoms with Crippen molar-refractivity contribution in [1.29, 1.82) is 0 Å². The number of nitrogens with one attached hydrogen (secondary N) is 1. The summed E-state index contributed by atoms with van der Waals surface area (Å²) < 4.78 is 0. The van der Waals surface area contributed by atoms with Crippen LogP contribution in [-0.4, -0.2) is 39.0 Å². The van der Waals surface area contributed by atoms with E-state index in [4.69, 9.17) is 0 Å². The van der Waals surface area contributed by atoms with Gasteiger partial charge in [0.25, 0.3) is 0 Å². The lowest BCUT2D eigenvalue weighted by Gasteiger charge is -2.21.